The summed E-state index contributed by atoms with van der Waals surface area (Å²) in [4.78, 5) is 0. The van der Waals surface area contributed by atoms with Crippen LogP contribution in [0.5, 0.6) is 0 Å². The average Bonchev–Trinajstić information content (AvgIpc) is 2.43. The van der Waals surface area contributed by atoms with Gasteiger partial charge in [-0.05, 0) is 29.3 Å². The standard InChI is InChI=1S/C16H21NO/c1-2-3-11-17-12-16(18)15-10-6-8-13-7-4-5-9-14(13)15/h4-10,16-18H,2-3,11-12H2,1H3/t16-/m0/s1. The van der Waals surface area contributed by atoms with Gasteiger partial charge in [-0.15, -0.1) is 0 Å². The summed E-state index contributed by atoms with van der Waals surface area (Å²) in [7, 11) is 0. The van der Waals surface area contributed by atoms with Crippen molar-refractivity contribution in [2.75, 3.05) is 13.1 Å². The molecule has 0 fully saturated rings. The molecule has 96 valence electrons. The lowest BCUT2D eigenvalue weighted by molar-refractivity contribution is 0.176. The Hall–Kier alpha value is -1.38. The number of fused-ring (bicyclic) bond motifs is 1. The molecule has 2 rings (SSSR count). The van der Waals surface area contributed by atoms with Crippen molar-refractivity contribution in [1.29, 1.82) is 0 Å². The fraction of sp³-hybridized carbons (Fsp3) is 0.375. The highest BCUT2D eigenvalue weighted by atomic mass is 16.3. The van der Waals surface area contributed by atoms with Gasteiger partial charge in [0.15, 0.2) is 0 Å². The van der Waals surface area contributed by atoms with Crippen molar-refractivity contribution in [2.24, 2.45) is 0 Å². The second-order valence-electron chi connectivity index (χ2n) is 4.64. The molecular formula is C16H21NO. The summed E-state index contributed by atoms with van der Waals surface area (Å²) in [6, 6.07) is 14.3. The number of hydrogen-bond donors (Lipinski definition) is 2. The van der Waals surface area contributed by atoms with E-state index in [2.05, 4.69) is 30.4 Å². The van der Waals surface area contributed by atoms with Gasteiger partial charge in [-0.25, -0.2) is 0 Å². The largest absolute Gasteiger partial charge is 0.387 e. The third kappa shape index (κ3) is 3.09. The number of unbranched alkanes of at least 4 members (excludes halogenated alkanes) is 1. The Kier molecular flexibility index (Phi) is 4.73. The molecule has 0 aliphatic rings. The Morgan fingerprint density at radius 2 is 1.89 bits per heavy atom. The van der Waals surface area contributed by atoms with Crippen LogP contribution in [0.3, 0.4) is 0 Å². The molecule has 1 atom stereocenters. The van der Waals surface area contributed by atoms with E-state index in [4.69, 9.17) is 0 Å². The molecule has 18 heavy (non-hydrogen) atoms. The van der Waals surface area contributed by atoms with E-state index in [1.165, 1.54) is 11.8 Å². The fourth-order valence-electron chi connectivity index (χ4n) is 2.19. The van der Waals surface area contributed by atoms with Gasteiger partial charge in [0.1, 0.15) is 0 Å². The molecule has 0 aliphatic carbocycles. The molecule has 0 radical (unpaired) electrons. The summed E-state index contributed by atoms with van der Waals surface area (Å²) in [6.45, 7) is 3.76. The first kappa shape index (κ1) is 13.1. The van der Waals surface area contributed by atoms with E-state index < -0.39 is 6.10 Å². The van der Waals surface area contributed by atoms with Crippen LogP contribution >= 0.6 is 0 Å². The number of benzene rings is 2. The van der Waals surface area contributed by atoms with E-state index in [0.717, 1.165) is 23.9 Å². The van der Waals surface area contributed by atoms with Crippen molar-refractivity contribution < 1.29 is 5.11 Å². The highest BCUT2D eigenvalue weighted by Crippen LogP contribution is 2.23. The summed E-state index contributed by atoms with van der Waals surface area (Å²) < 4.78 is 0. The number of rotatable bonds is 6. The zero-order valence-electron chi connectivity index (χ0n) is 10.9. The molecule has 2 aromatic rings. The molecule has 0 heterocycles. The summed E-state index contributed by atoms with van der Waals surface area (Å²) in [6.07, 6.45) is 1.90. The number of nitrogens with one attached hydrogen (secondary N) is 1. The third-order valence-corrected chi connectivity index (χ3v) is 3.23. The van der Waals surface area contributed by atoms with Gasteiger partial charge >= 0.3 is 0 Å². The quantitative estimate of drug-likeness (QED) is 0.763. The molecule has 0 bridgehead atoms. The zero-order valence-corrected chi connectivity index (χ0v) is 10.9. The maximum Gasteiger partial charge on any atom is 0.0920 e. The van der Waals surface area contributed by atoms with Crippen LogP contribution in [0.15, 0.2) is 42.5 Å². The van der Waals surface area contributed by atoms with Crippen LogP contribution in [0.1, 0.15) is 31.4 Å². The van der Waals surface area contributed by atoms with E-state index in [9.17, 15) is 5.11 Å². The molecule has 2 heteroatoms. The highest BCUT2D eigenvalue weighted by Gasteiger charge is 2.09. The molecule has 0 saturated heterocycles. The Balaban J connectivity index is 2.10. The first-order valence-electron chi connectivity index (χ1n) is 6.69. The van der Waals surface area contributed by atoms with Crippen LogP contribution < -0.4 is 5.32 Å². The normalized spacial score (nSPS) is 12.8. The van der Waals surface area contributed by atoms with Crippen molar-refractivity contribution in [3.63, 3.8) is 0 Å². The lowest BCUT2D eigenvalue weighted by Crippen LogP contribution is -2.22. The van der Waals surface area contributed by atoms with Crippen molar-refractivity contribution in [1.82, 2.24) is 5.32 Å². The van der Waals surface area contributed by atoms with Crippen molar-refractivity contribution >= 4 is 10.8 Å². The number of aliphatic hydroxyl groups is 1. The zero-order chi connectivity index (χ0) is 12.8. The third-order valence-electron chi connectivity index (χ3n) is 3.23. The second kappa shape index (κ2) is 6.53. The molecule has 0 aliphatic heterocycles. The average molecular weight is 243 g/mol. The van der Waals surface area contributed by atoms with Gasteiger partial charge in [-0.2, -0.15) is 0 Å². The molecule has 2 nitrogen and oxygen atoms in total. The minimum Gasteiger partial charge on any atom is -0.387 e. The van der Waals surface area contributed by atoms with Crippen molar-refractivity contribution in [3.05, 3.63) is 48.0 Å². The highest BCUT2D eigenvalue weighted by molar-refractivity contribution is 5.85. The molecule has 0 amide bonds. The van der Waals surface area contributed by atoms with Crippen LogP contribution in [0.4, 0.5) is 0 Å². The Bertz CT molecular complexity index is 490. The van der Waals surface area contributed by atoms with Gasteiger partial charge in [0.25, 0.3) is 0 Å². The van der Waals surface area contributed by atoms with Gasteiger partial charge < -0.3 is 10.4 Å². The van der Waals surface area contributed by atoms with Gasteiger partial charge in [-0.3, -0.25) is 0 Å². The topological polar surface area (TPSA) is 32.3 Å². The smallest absolute Gasteiger partial charge is 0.0920 e. The number of aliphatic hydroxyl groups excluding tert-OH is 1. The van der Waals surface area contributed by atoms with Gasteiger partial charge in [0, 0.05) is 6.54 Å². The lowest BCUT2D eigenvalue weighted by atomic mass is 10.0. The second-order valence-corrected chi connectivity index (χ2v) is 4.64. The van der Waals surface area contributed by atoms with Gasteiger partial charge in [0.2, 0.25) is 0 Å². The fourth-order valence-corrected chi connectivity index (χ4v) is 2.19. The van der Waals surface area contributed by atoms with Gasteiger partial charge in [-0.1, -0.05) is 55.8 Å². The molecule has 0 saturated carbocycles. The molecule has 2 aromatic carbocycles. The molecule has 0 unspecified atom stereocenters. The first-order chi connectivity index (χ1) is 8.83. The van der Waals surface area contributed by atoms with Crippen LogP contribution in [0.25, 0.3) is 10.8 Å². The first-order valence-corrected chi connectivity index (χ1v) is 6.69. The van der Waals surface area contributed by atoms with Crippen molar-refractivity contribution in [3.8, 4) is 0 Å². The Morgan fingerprint density at radius 3 is 2.72 bits per heavy atom. The summed E-state index contributed by atoms with van der Waals surface area (Å²) in [5, 5.41) is 15.9. The Morgan fingerprint density at radius 1 is 1.11 bits per heavy atom. The van der Waals surface area contributed by atoms with E-state index in [-0.39, 0.29) is 0 Å². The SMILES string of the molecule is CCCCNC[C@H](O)c1cccc2ccccc12. The minimum atomic E-state index is -0.437. The van der Waals surface area contributed by atoms with E-state index in [0.29, 0.717) is 6.54 Å². The lowest BCUT2D eigenvalue weighted by Gasteiger charge is -2.14. The van der Waals surface area contributed by atoms with E-state index in [1.807, 2.05) is 24.3 Å². The number of hydrogen-bond acceptors (Lipinski definition) is 2. The van der Waals surface area contributed by atoms with Crippen molar-refractivity contribution in [2.45, 2.75) is 25.9 Å². The predicted octanol–water partition coefficient (Wildman–Crippen LogP) is 3.26. The van der Waals surface area contributed by atoms with Crippen LogP contribution in [-0.2, 0) is 0 Å². The van der Waals surface area contributed by atoms with Crippen LogP contribution in [-0.4, -0.2) is 18.2 Å². The summed E-state index contributed by atoms with van der Waals surface area (Å²) in [5.41, 5.74) is 1.01. The van der Waals surface area contributed by atoms with Crippen LogP contribution in [0, 0.1) is 0 Å². The summed E-state index contributed by atoms with van der Waals surface area (Å²) >= 11 is 0. The van der Waals surface area contributed by atoms with Gasteiger partial charge in [0.05, 0.1) is 6.10 Å². The molecule has 0 aromatic heterocycles. The molecule has 0 spiro atoms. The predicted molar refractivity (Wildman–Crippen MR) is 76.7 cm³/mol. The molecular weight excluding hydrogens is 222 g/mol. The van der Waals surface area contributed by atoms with E-state index in [1.54, 1.807) is 0 Å². The van der Waals surface area contributed by atoms with Crippen LogP contribution in [0.2, 0.25) is 0 Å². The maximum absolute atomic E-state index is 10.3. The minimum absolute atomic E-state index is 0.437. The summed E-state index contributed by atoms with van der Waals surface area (Å²) in [5.74, 6) is 0. The Labute approximate surface area is 109 Å². The molecule has 2 N–H and O–H groups in total. The monoisotopic (exact) mass is 243 g/mol. The maximum atomic E-state index is 10.3. The van der Waals surface area contributed by atoms with E-state index >= 15 is 0 Å².